The van der Waals surface area contributed by atoms with Crippen LogP contribution >= 0.6 is 22.9 Å². The van der Waals surface area contributed by atoms with Gasteiger partial charge in [-0.25, -0.2) is 13.1 Å². The number of thiophene rings is 1. The van der Waals surface area contributed by atoms with Gasteiger partial charge in [-0.1, -0.05) is 11.6 Å². The third kappa shape index (κ3) is 4.09. The summed E-state index contributed by atoms with van der Waals surface area (Å²) in [5.74, 6) is 0. The summed E-state index contributed by atoms with van der Waals surface area (Å²) < 4.78 is 25.1. The van der Waals surface area contributed by atoms with E-state index in [0.29, 0.717) is 11.3 Å². The van der Waals surface area contributed by atoms with Crippen molar-refractivity contribution < 1.29 is 23.6 Å². The molecule has 19 heavy (non-hydrogen) atoms. The molecule has 1 unspecified atom stereocenters. The first-order chi connectivity index (χ1) is 8.59. The predicted octanol–water partition coefficient (Wildman–Crippen LogP) is 0.331. The summed E-state index contributed by atoms with van der Waals surface area (Å²) in [7, 11) is -4.03. The molecule has 1 atom stereocenters. The second-order valence-electron chi connectivity index (χ2n) is 3.96. The van der Waals surface area contributed by atoms with E-state index in [1.165, 1.54) is 6.92 Å². The van der Waals surface area contributed by atoms with Crippen LogP contribution in [0.3, 0.4) is 0 Å². The molecule has 0 aromatic carbocycles. The zero-order chi connectivity index (χ0) is 14.8. The zero-order valence-electron chi connectivity index (χ0n) is 9.66. The number of aliphatic hydroxyl groups excluding tert-OH is 1. The first kappa shape index (κ1) is 16.3. The third-order valence-corrected chi connectivity index (χ3v) is 5.30. The zero-order valence-corrected chi connectivity index (χ0v) is 12.0. The van der Waals surface area contributed by atoms with Crippen LogP contribution in [-0.2, 0) is 10.0 Å². The molecule has 8 nitrogen and oxygen atoms in total. The van der Waals surface area contributed by atoms with Crippen LogP contribution in [0.4, 0.5) is 5.69 Å². The van der Waals surface area contributed by atoms with Crippen molar-refractivity contribution in [2.75, 3.05) is 13.2 Å². The number of nitrogens with zero attached hydrogens (tertiary/aromatic N) is 1. The molecule has 11 heteroatoms. The molecule has 1 heterocycles. The summed E-state index contributed by atoms with van der Waals surface area (Å²) in [6.45, 7) is 0.162. The Hall–Kier alpha value is -0.780. The Morgan fingerprint density at radius 2 is 2.21 bits per heavy atom. The first-order valence-corrected chi connectivity index (χ1v) is 7.53. The molecule has 0 radical (unpaired) electrons. The van der Waals surface area contributed by atoms with Gasteiger partial charge in [0, 0.05) is 12.6 Å². The molecule has 1 aromatic rings. The van der Waals surface area contributed by atoms with Crippen LogP contribution in [0.15, 0.2) is 10.3 Å². The second kappa shape index (κ2) is 5.69. The molecular weight excluding hydrogens is 320 g/mol. The number of hydrogen-bond donors (Lipinski definition) is 3. The highest BCUT2D eigenvalue weighted by molar-refractivity contribution is 7.91. The smallest absolute Gasteiger partial charge is 0.300 e. The lowest BCUT2D eigenvalue weighted by Gasteiger charge is -2.20. The van der Waals surface area contributed by atoms with E-state index in [2.05, 4.69) is 0 Å². The normalized spacial score (nSPS) is 15.2. The van der Waals surface area contributed by atoms with E-state index in [1.54, 1.807) is 0 Å². The summed E-state index contributed by atoms with van der Waals surface area (Å²) in [5.41, 5.74) is -2.12. The van der Waals surface area contributed by atoms with Gasteiger partial charge in [0.05, 0.1) is 17.1 Å². The Morgan fingerprint density at radius 3 is 2.63 bits per heavy atom. The summed E-state index contributed by atoms with van der Waals surface area (Å²) in [6, 6.07) is 0.836. The third-order valence-electron chi connectivity index (χ3n) is 2.09. The highest BCUT2D eigenvalue weighted by Crippen LogP contribution is 2.36. The first-order valence-electron chi connectivity index (χ1n) is 4.86. The number of hydrogen-bond acceptors (Lipinski definition) is 7. The molecule has 0 amide bonds. The maximum atomic E-state index is 11.8. The average Bonchev–Trinajstić information content (AvgIpc) is 2.70. The van der Waals surface area contributed by atoms with Gasteiger partial charge in [-0.05, 0) is 6.92 Å². The quantitative estimate of drug-likeness (QED) is 0.509. The molecule has 0 spiro atoms. The van der Waals surface area contributed by atoms with Gasteiger partial charge in [0.1, 0.15) is 4.21 Å². The van der Waals surface area contributed by atoms with Crippen molar-refractivity contribution in [1.29, 1.82) is 0 Å². The van der Waals surface area contributed by atoms with E-state index in [0.717, 1.165) is 6.07 Å². The minimum Gasteiger partial charge on any atom is -0.393 e. The molecule has 3 N–H and O–H groups in total. The van der Waals surface area contributed by atoms with Gasteiger partial charge in [-0.2, -0.15) is 0 Å². The van der Waals surface area contributed by atoms with Gasteiger partial charge in [-0.3, -0.25) is 10.1 Å². The Morgan fingerprint density at radius 1 is 1.63 bits per heavy atom. The van der Waals surface area contributed by atoms with Crippen molar-refractivity contribution in [3.05, 3.63) is 20.5 Å². The topological polar surface area (TPSA) is 130 Å². The van der Waals surface area contributed by atoms with E-state index in [-0.39, 0.29) is 8.55 Å². The number of sulfonamides is 1. The summed E-state index contributed by atoms with van der Waals surface area (Å²) in [6.07, 6.45) is 0. The van der Waals surface area contributed by atoms with Crippen molar-refractivity contribution in [2.45, 2.75) is 16.7 Å². The second-order valence-corrected chi connectivity index (χ2v) is 7.61. The van der Waals surface area contributed by atoms with Gasteiger partial charge >= 0.3 is 0 Å². The lowest BCUT2D eigenvalue weighted by atomic mass is 10.1. The van der Waals surface area contributed by atoms with Crippen LogP contribution in [0.25, 0.3) is 0 Å². The van der Waals surface area contributed by atoms with Gasteiger partial charge in [0.25, 0.3) is 5.69 Å². The van der Waals surface area contributed by atoms with Crippen molar-refractivity contribution in [3.63, 3.8) is 0 Å². The SMILES string of the molecule is CC(O)(CO)CNS(=O)(=O)c1cc([N+](=O)[O-])c(Cl)s1. The van der Waals surface area contributed by atoms with Crippen molar-refractivity contribution in [1.82, 2.24) is 4.72 Å². The molecule has 0 aliphatic heterocycles. The molecule has 108 valence electrons. The number of rotatable bonds is 6. The Bertz CT molecular complexity index is 582. The van der Waals surface area contributed by atoms with E-state index in [4.69, 9.17) is 16.7 Å². The summed E-state index contributed by atoms with van der Waals surface area (Å²) >= 11 is 6.10. The van der Waals surface area contributed by atoms with Gasteiger partial charge in [-0.15, -0.1) is 11.3 Å². The number of nitro groups is 1. The molecule has 0 fully saturated rings. The maximum Gasteiger partial charge on any atom is 0.300 e. The molecule has 1 aromatic heterocycles. The van der Waals surface area contributed by atoms with E-state index < -0.39 is 39.4 Å². The Balaban J connectivity index is 2.96. The molecular formula is C8H11ClN2O6S2. The number of halogens is 1. The van der Waals surface area contributed by atoms with Gasteiger partial charge < -0.3 is 10.2 Å². The summed E-state index contributed by atoms with van der Waals surface area (Å²) in [4.78, 5) is 9.78. The van der Waals surface area contributed by atoms with E-state index >= 15 is 0 Å². The summed E-state index contributed by atoms with van der Waals surface area (Å²) in [5, 5.41) is 28.8. The minimum absolute atomic E-state index is 0.251. The lowest BCUT2D eigenvalue weighted by molar-refractivity contribution is -0.384. The lowest BCUT2D eigenvalue weighted by Crippen LogP contribution is -2.43. The van der Waals surface area contributed by atoms with Crippen molar-refractivity contribution in [3.8, 4) is 0 Å². The van der Waals surface area contributed by atoms with Crippen LogP contribution in [0.1, 0.15) is 6.92 Å². The molecule has 0 aliphatic carbocycles. The molecule has 0 aliphatic rings. The Kier molecular flexibility index (Phi) is 4.87. The maximum absolute atomic E-state index is 11.8. The van der Waals surface area contributed by atoms with Crippen molar-refractivity contribution in [2.24, 2.45) is 0 Å². The fourth-order valence-electron chi connectivity index (χ4n) is 0.973. The van der Waals surface area contributed by atoms with Crippen LogP contribution < -0.4 is 4.72 Å². The van der Waals surface area contributed by atoms with Crippen LogP contribution in [0.2, 0.25) is 4.34 Å². The fourth-order valence-corrected chi connectivity index (χ4v) is 3.84. The average molecular weight is 331 g/mol. The standard InChI is InChI=1S/C8H11ClN2O6S2/c1-8(13,4-12)3-10-19(16,17)6-2-5(11(14)15)7(9)18-6/h2,10,12-13H,3-4H2,1H3. The minimum atomic E-state index is -4.03. The van der Waals surface area contributed by atoms with Crippen LogP contribution in [0, 0.1) is 10.1 Å². The van der Waals surface area contributed by atoms with Gasteiger partial charge in [0.15, 0.2) is 4.34 Å². The molecule has 1 rings (SSSR count). The number of nitrogens with one attached hydrogen (secondary N) is 1. The number of aliphatic hydroxyl groups is 2. The highest BCUT2D eigenvalue weighted by Gasteiger charge is 2.28. The van der Waals surface area contributed by atoms with Gasteiger partial charge in [0.2, 0.25) is 10.0 Å². The highest BCUT2D eigenvalue weighted by atomic mass is 35.5. The predicted molar refractivity (Wildman–Crippen MR) is 68.9 cm³/mol. The van der Waals surface area contributed by atoms with E-state index in [1.807, 2.05) is 4.72 Å². The van der Waals surface area contributed by atoms with Crippen molar-refractivity contribution >= 4 is 38.6 Å². The van der Waals surface area contributed by atoms with Crippen LogP contribution in [-0.4, -0.2) is 42.3 Å². The monoisotopic (exact) mass is 330 g/mol. The van der Waals surface area contributed by atoms with Crippen LogP contribution in [0.5, 0.6) is 0 Å². The molecule has 0 saturated heterocycles. The van der Waals surface area contributed by atoms with E-state index in [9.17, 15) is 23.6 Å². The largest absolute Gasteiger partial charge is 0.393 e. The Labute approximate surface area is 117 Å². The molecule has 0 bridgehead atoms. The fraction of sp³-hybridized carbons (Fsp3) is 0.500. The molecule has 0 saturated carbocycles.